The van der Waals surface area contributed by atoms with Gasteiger partial charge in [0.05, 0.1) is 0 Å². The lowest BCUT2D eigenvalue weighted by atomic mass is 9.80. The van der Waals surface area contributed by atoms with E-state index in [0.29, 0.717) is 17.4 Å². The summed E-state index contributed by atoms with van der Waals surface area (Å²) < 4.78 is 6.14. The van der Waals surface area contributed by atoms with E-state index in [4.69, 9.17) is 4.74 Å². The van der Waals surface area contributed by atoms with Crippen LogP contribution in [0.1, 0.15) is 41.3 Å². The van der Waals surface area contributed by atoms with Gasteiger partial charge in [0, 0.05) is 42.9 Å². The molecule has 0 saturated heterocycles. The minimum atomic E-state index is 0.00257. The van der Waals surface area contributed by atoms with Crippen LogP contribution in [-0.4, -0.2) is 29.9 Å². The lowest BCUT2D eigenvalue weighted by molar-refractivity contribution is 0.0827. The van der Waals surface area contributed by atoms with Gasteiger partial charge in [-0.2, -0.15) is 0 Å². The highest BCUT2D eigenvalue weighted by molar-refractivity contribution is 5.94. The Bertz CT molecular complexity index is 1020. The Morgan fingerprint density at radius 2 is 1.71 bits per heavy atom. The molecule has 1 aliphatic rings. The Labute approximate surface area is 165 Å². The fraction of sp³-hybridized carbons (Fsp3) is 0.250. The molecule has 1 aliphatic heterocycles. The molecule has 0 spiro atoms. The summed E-state index contributed by atoms with van der Waals surface area (Å²) in [6.07, 6.45) is 1.77. The van der Waals surface area contributed by atoms with E-state index in [9.17, 15) is 4.79 Å². The van der Waals surface area contributed by atoms with E-state index in [1.54, 1.807) is 25.2 Å². The summed E-state index contributed by atoms with van der Waals surface area (Å²) in [5.74, 6) is 2.26. The first-order valence-corrected chi connectivity index (χ1v) is 9.54. The Morgan fingerprint density at radius 1 is 1.00 bits per heavy atom. The molecule has 0 radical (unpaired) electrons. The second-order valence-corrected chi connectivity index (χ2v) is 7.75. The molecule has 0 fully saturated rings. The number of amides is 1. The average Bonchev–Trinajstić information content (AvgIpc) is 2.70. The van der Waals surface area contributed by atoms with Crippen molar-refractivity contribution in [3.05, 3.63) is 77.5 Å². The first kappa shape index (κ1) is 18.2. The molecule has 1 aromatic heterocycles. The number of pyridine rings is 1. The molecule has 4 nitrogen and oxygen atoms in total. The molecule has 2 heterocycles. The van der Waals surface area contributed by atoms with Crippen molar-refractivity contribution in [3.63, 3.8) is 0 Å². The Morgan fingerprint density at radius 3 is 2.39 bits per heavy atom. The van der Waals surface area contributed by atoms with Crippen molar-refractivity contribution in [2.75, 3.05) is 14.1 Å². The maximum atomic E-state index is 12.1. The molecule has 142 valence electrons. The van der Waals surface area contributed by atoms with E-state index in [-0.39, 0.29) is 11.8 Å². The Balaban J connectivity index is 1.71. The van der Waals surface area contributed by atoms with Crippen molar-refractivity contribution in [3.8, 4) is 22.8 Å². The lowest BCUT2D eigenvalue weighted by Crippen LogP contribution is -2.21. The number of nitrogens with zero attached hydrogens (tertiary/aromatic N) is 2. The molecule has 0 bridgehead atoms. The van der Waals surface area contributed by atoms with Crippen LogP contribution in [-0.2, 0) is 0 Å². The average molecular weight is 372 g/mol. The van der Waals surface area contributed by atoms with Crippen molar-refractivity contribution in [2.24, 2.45) is 5.92 Å². The van der Waals surface area contributed by atoms with Crippen molar-refractivity contribution in [2.45, 2.75) is 19.8 Å². The largest absolute Gasteiger partial charge is 0.438 e. The van der Waals surface area contributed by atoms with Crippen molar-refractivity contribution < 1.29 is 9.53 Å². The van der Waals surface area contributed by atoms with Crippen LogP contribution >= 0.6 is 0 Å². The normalized spacial score (nSPS) is 14.8. The third kappa shape index (κ3) is 3.15. The minimum Gasteiger partial charge on any atom is -0.438 e. The molecule has 4 rings (SSSR count). The van der Waals surface area contributed by atoms with Crippen LogP contribution in [0, 0.1) is 5.92 Å². The molecular weight excluding hydrogens is 348 g/mol. The van der Waals surface area contributed by atoms with Crippen LogP contribution in [0.3, 0.4) is 0 Å². The van der Waals surface area contributed by atoms with Gasteiger partial charge in [0.25, 0.3) is 5.91 Å². The number of carbonyl (C=O) groups is 1. The Hall–Kier alpha value is -3.14. The van der Waals surface area contributed by atoms with Crippen molar-refractivity contribution in [1.82, 2.24) is 9.88 Å². The molecular formula is C24H24N2O2. The number of hydrogen-bond donors (Lipinski definition) is 0. The zero-order chi connectivity index (χ0) is 19.8. The van der Waals surface area contributed by atoms with E-state index >= 15 is 0 Å². The summed E-state index contributed by atoms with van der Waals surface area (Å²) >= 11 is 0. The number of carbonyl (C=O) groups excluding carboxylic acids is 1. The van der Waals surface area contributed by atoms with Crippen LogP contribution in [0.5, 0.6) is 11.6 Å². The lowest BCUT2D eigenvalue weighted by Gasteiger charge is -2.30. The molecule has 1 unspecified atom stereocenters. The molecule has 2 aromatic carbocycles. The fourth-order valence-corrected chi connectivity index (χ4v) is 3.84. The summed E-state index contributed by atoms with van der Waals surface area (Å²) in [7, 11) is 3.52. The molecule has 28 heavy (non-hydrogen) atoms. The van der Waals surface area contributed by atoms with E-state index in [1.165, 1.54) is 5.56 Å². The highest BCUT2D eigenvalue weighted by Gasteiger charge is 2.30. The molecule has 1 atom stereocenters. The molecule has 4 heteroatoms. The predicted molar refractivity (Wildman–Crippen MR) is 111 cm³/mol. The van der Waals surface area contributed by atoms with Gasteiger partial charge < -0.3 is 9.64 Å². The number of benzene rings is 2. The van der Waals surface area contributed by atoms with Gasteiger partial charge in [-0.05, 0) is 41.3 Å². The van der Waals surface area contributed by atoms with Crippen molar-refractivity contribution >= 4 is 5.91 Å². The van der Waals surface area contributed by atoms with Crippen LogP contribution in [0.25, 0.3) is 11.1 Å². The summed E-state index contributed by atoms with van der Waals surface area (Å²) in [5, 5.41) is 0. The molecule has 3 aromatic rings. The summed E-state index contributed by atoms with van der Waals surface area (Å²) in [6.45, 7) is 4.45. The smallest absolute Gasteiger partial charge is 0.253 e. The number of rotatable bonds is 3. The highest BCUT2D eigenvalue weighted by Crippen LogP contribution is 2.47. The predicted octanol–water partition coefficient (Wildman–Crippen LogP) is 5.34. The highest BCUT2D eigenvalue weighted by atomic mass is 16.5. The minimum absolute atomic E-state index is 0.00257. The van der Waals surface area contributed by atoms with Crippen molar-refractivity contribution in [1.29, 1.82) is 0 Å². The molecule has 0 aliphatic carbocycles. The monoisotopic (exact) mass is 372 g/mol. The zero-order valence-corrected chi connectivity index (χ0v) is 16.6. The standard InChI is InChI=1S/C24H24N2O2/c1-15(2)22-19-12-11-18(14-21(19)28-23-20(22)6-5-13-25-23)16-7-9-17(10-8-16)24(27)26(3)4/h5-15,22H,1-4H3. The van der Waals surface area contributed by atoms with E-state index in [0.717, 1.165) is 22.4 Å². The van der Waals surface area contributed by atoms with Gasteiger partial charge in [0.15, 0.2) is 0 Å². The van der Waals surface area contributed by atoms with Gasteiger partial charge in [0.2, 0.25) is 5.88 Å². The van der Waals surface area contributed by atoms with E-state index in [1.807, 2.05) is 30.3 Å². The molecule has 0 N–H and O–H groups in total. The maximum absolute atomic E-state index is 12.1. The number of ether oxygens (including phenoxy) is 1. The number of aromatic nitrogens is 1. The first-order chi connectivity index (χ1) is 13.5. The van der Waals surface area contributed by atoms with Crippen LogP contribution in [0.4, 0.5) is 0 Å². The van der Waals surface area contributed by atoms with Gasteiger partial charge in [-0.15, -0.1) is 0 Å². The van der Waals surface area contributed by atoms with Crippen LogP contribution in [0.15, 0.2) is 60.8 Å². The zero-order valence-electron chi connectivity index (χ0n) is 16.6. The first-order valence-electron chi connectivity index (χ1n) is 9.54. The third-order valence-electron chi connectivity index (χ3n) is 5.23. The third-order valence-corrected chi connectivity index (χ3v) is 5.23. The second-order valence-electron chi connectivity index (χ2n) is 7.75. The topological polar surface area (TPSA) is 42.4 Å². The molecule has 0 saturated carbocycles. The summed E-state index contributed by atoms with van der Waals surface area (Å²) in [5.41, 5.74) is 5.13. The quantitative estimate of drug-likeness (QED) is 0.623. The SMILES string of the molecule is CC(C)C1c2ccc(-c3ccc(C(=O)N(C)C)cc3)cc2Oc2ncccc21. The summed E-state index contributed by atoms with van der Waals surface area (Å²) in [4.78, 5) is 18.1. The van der Waals surface area contributed by atoms with Crippen LogP contribution < -0.4 is 4.74 Å². The van der Waals surface area contributed by atoms with Gasteiger partial charge in [-0.25, -0.2) is 4.98 Å². The van der Waals surface area contributed by atoms with Gasteiger partial charge in [-0.1, -0.05) is 44.2 Å². The van der Waals surface area contributed by atoms with Gasteiger partial charge in [-0.3, -0.25) is 4.79 Å². The van der Waals surface area contributed by atoms with Crippen LogP contribution in [0.2, 0.25) is 0 Å². The second kappa shape index (κ2) is 7.12. The Kier molecular flexibility index (Phi) is 4.63. The number of fused-ring (bicyclic) bond motifs is 2. The van der Waals surface area contributed by atoms with E-state index in [2.05, 4.69) is 43.1 Å². The molecule has 1 amide bonds. The van der Waals surface area contributed by atoms with Gasteiger partial charge >= 0.3 is 0 Å². The van der Waals surface area contributed by atoms with Gasteiger partial charge in [0.1, 0.15) is 5.75 Å². The van der Waals surface area contributed by atoms with E-state index < -0.39 is 0 Å². The maximum Gasteiger partial charge on any atom is 0.253 e. The number of hydrogen-bond acceptors (Lipinski definition) is 3. The summed E-state index contributed by atoms with van der Waals surface area (Å²) in [6, 6.07) is 18.1. The fourth-order valence-electron chi connectivity index (χ4n) is 3.84.